The lowest BCUT2D eigenvalue weighted by Gasteiger charge is -2.26. The second-order valence-corrected chi connectivity index (χ2v) is 6.66. The summed E-state index contributed by atoms with van der Waals surface area (Å²) in [5, 5.41) is 2.17. The summed E-state index contributed by atoms with van der Waals surface area (Å²) in [6, 6.07) is 12.0. The minimum atomic E-state index is 0.0676. The van der Waals surface area contributed by atoms with Crippen LogP contribution in [0.2, 0.25) is 0 Å². The molecule has 0 unspecified atom stereocenters. The molecule has 1 saturated carbocycles. The Bertz CT molecular complexity index is 666. The van der Waals surface area contributed by atoms with E-state index in [2.05, 4.69) is 13.0 Å². The van der Waals surface area contributed by atoms with Crippen molar-refractivity contribution in [1.29, 1.82) is 0 Å². The fraction of sp³-hybridized carbons (Fsp3) is 0.450. The third-order valence-corrected chi connectivity index (χ3v) is 4.86. The normalized spacial score (nSPS) is 21.7. The van der Waals surface area contributed by atoms with Crippen LogP contribution in [0.5, 0.6) is 5.75 Å². The zero-order chi connectivity index (χ0) is 15.5. The van der Waals surface area contributed by atoms with Crippen LogP contribution in [0.4, 0.5) is 0 Å². The molecule has 2 aromatic carbocycles. The van der Waals surface area contributed by atoms with Crippen molar-refractivity contribution in [2.45, 2.75) is 39.5 Å². The first-order valence-electron chi connectivity index (χ1n) is 8.30. The minimum Gasteiger partial charge on any atom is -0.492 e. The van der Waals surface area contributed by atoms with Gasteiger partial charge in [0.05, 0.1) is 12.2 Å². The molecule has 0 saturated heterocycles. The van der Waals surface area contributed by atoms with Crippen LogP contribution < -0.4 is 4.74 Å². The van der Waals surface area contributed by atoms with E-state index in [4.69, 9.17) is 4.74 Å². The van der Waals surface area contributed by atoms with Crippen molar-refractivity contribution in [3.8, 4) is 5.75 Å². The molecule has 0 radical (unpaired) electrons. The predicted octanol–water partition coefficient (Wildman–Crippen LogP) is 5.25. The Labute approximate surface area is 132 Å². The Hall–Kier alpha value is -1.83. The number of benzene rings is 2. The standard InChI is InChI=1S/C20H24O2/c1-14-7-9-16(10-8-14)13-22-20-18(15(2)21)12-11-17-5-3-4-6-19(17)20/h3-6,11-12,14,16H,7-10,13H2,1-2H3. The molecule has 0 atom stereocenters. The minimum absolute atomic E-state index is 0.0676. The average Bonchev–Trinajstić information content (AvgIpc) is 2.53. The third kappa shape index (κ3) is 3.16. The molecular weight excluding hydrogens is 272 g/mol. The Morgan fingerprint density at radius 1 is 1.09 bits per heavy atom. The molecule has 2 nitrogen and oxygen atoms in total. The van der Waals surface area contributed by atoms with Gasteiger partial charge in [0.2, 0.25) is 0 Å². The van der Waals surface area contributed by atoms with Gasteiger partial charge in [-0.2, -0.15) is 0 Å². The van der Waals surface area contributed by atoms with Gasteiger partial charge in [-0.3, -0.25) is 4.79 Å². The highest BCUT2D eigenvalue weighted by molar-refractivity contribution is 6.03. The largest absolute Gasteiger partial charge is 0.492 e. The number of ether oxygens (including phenoxy) is 1. The van der Waals surface area contributed by atoms with Gasteiger partial charge < -0.3 is 4.74 Å². The van der Waals surface area contributed by atoms with Crippen LogP contribution in [0.1, 0.15) is 49.9 Å². The molecule has 1 aliphatic rings. The van der Waals surface area contributed by atoms with Crippen LogP contribution in [-0.2, 0) is 0 Å². The van der Waals surface area contributed by atoms with Crippen LogP contribution in [0.25, 0.3) is 10.8 Å². The fourth-order valence-electron chi connectivity index (χ4n) is 3.37. The quantitative estimate of drug-likeness (QED) is 0.720. The number of rotatable bonds is 4. The first-order chi connectivity index (χ1) is 10.6. The molecule has 0 N–H and O–H groups in total. The maximum Gasteiger partial charge on any atom is 0.163 e. The van der Waals surface area contributed by atoms with Gasteiger partial charge in [0.25, 0.3) is 0 Å². The Morgan fingerprint density at radius 3 is 2.55 bits per heavy atom. The van der Waals surface area contributed by atoms with Crippen LogP contribution in [0.3, 0.4) is 0 Å². The van der Waals surface area contributed by atoms with E-state index in [0.29, 0.717) is 11.5 Å². The summed E-state index contributed by atoms with van der Waals surface area (Å²) in [5.41, 5.74) is 0.697. The van der Waals surface area contributed by atoms with Crippen molar-refractivity contribution in [1.82, 2.24) is 0 Å². The van der Waals surface area contributed by atoms with Crippen LogP contribution >= 0.6 is 0 Å². The van der Waals surface area contributed by atoms with Gasteiger partial charge in [0, 0.05) is 5.39 Å². The lowest BCUT2D eigenvalue weighted by molar-refractivity contribution is 0.101. The van der Waals surface area contributed by atoms with Crippen molar-refractivity contribution in [3.05, 3.63) is 42.0 Å². The van der Waals surface area contributed by atoms with Crippen molar-refractivity contribution in [2.24, 2.45) is 11.8 Å². The zero-order valence-corrected chi connectivity index (χ0v) is 13.5. The number of carbonyl (C=O) groups excluding carboxylic acids is 1. The molecule has 1 aliphatic carbocycles. The Kier molecular flexibility index (Phi) is 4.47. The lowest BCUT2D eigenvalue weighted by Crippen LogP contribution is -2.19. The second-order valence-electron chi connectivity index (χ2n) is 6.66. The van der Waals surface area contributed by atoms with E-state index in [1.807, 2.05) is 30.3 Å². The predicted molar refractivity (Wildman–Crippen MR) is 90.6 cm³/mol. The monoisotopic (exact) mass is 296 g/mol. The molecule has 0 heterocycles. The summed E-state index contributed by atoms with van der Waals surface area (Å²) < 4.78 is 6.17. The molecule has 22 heavy (non-hydrogen) atoms. The van der Waals surface area contributed by atoms with E-state index in [1.165, 1.54) is 25.7 Å². The highest BCUT2D eigenvalue weighted by atomic mass is 16.5. The number of fused-ring (bicyclic) bond motifs is 1. The molecule has 116 valence electrons. The highest BCUT2D eigenvalue weighted by Gasteiger charge is 2.20. The van der Waals surface area contributed by atoms with E-state index in [1.54, 1.807) is 6.92 Å². The van der Waals surface area contributed by atoms with Crippen LogP contribution in [-0.4, -0.2) is 12.4 Å². The Balaban J connectivity index is 1.84. The fourth-order valence-corrected chi connectivity index (χ4v) is 3.37. The van der Waals surface area contributed by atoms with Gasteiger partial charge in [-0.15, -0.1) is 0 Å². The highest BCUT2D eigenvalue weighted by Crippen LogP contribution is 2.33. The molecule has 2 aromatic rings. The van der Waals surface area contributed by atoms with Gasteiger partial charge in [-0.25, -0.2) is 0 Å². The van der Waals surface area contributed by atoms with E-state index >= 15 is 0 Å². The Morgan fingerprint density at radius 2 is 1.82 bits per heavy atom. The first kappa shape index (κ1) is 15.1. The molecule has 0 aliphatic heterocycles. The smallest absolute Gasteiger partial charge is 0.163 e. The molecule has 0 spiro atoms. The maximum atomic E-state index is 11.9. The molecule has 2 heteroatoms. The van der Waals surface area contributed by atoms with Crippen molar-refractivity contribution < 1.29 is 9.53 Å². The average molecular weight is 296 g/mol. The molecule has 0 amide bonds. The van der Waals surface area contributed by atoms with E-state index in [0.717, 1.165) is 29.0 Å². The lowest BCUT2D eigenvalue weighted by atomic mass is 9.83. The summed E-state index contributed by atoms with van der Waals surface area (Å²) in [7, 11) is 0. The summed E-state index contributed by atoms with van der Waals surface area (Å²) >= 11 is 0. The number of hydrogen-bond donors (Lipinski definition) is 0. The van der Waals surface area contributed by atoms with E-state index < -0.39 is 0 Å². The summed E-state index contributed by atoms with van der Waals surface area (Å²) in [6.07, 6.45) is 5.06. The summed E-state index contributed by atoms with van der Waals surface area (Å²) in [4.78, 5) is 11.9. The maximum absolute atomic E-state index is 11.9. The van der Waals surface area contributed by atoms with Crippen molar-refractivity contribution in [3.63, 3.8) is 0 Å². The van der Waals surface area contributed by atoms with Crippen molar-refractivity contribution in [2.75, 3.05) is 6.61 Å². The zero-order valence-electron chi connectivity index (χ0n) is 13.5. The molecule has 0 aromatic heterocycles. The van der Waals surface area contributed by atoms with Gasteiger partial charge in [-0.05, 0) is 43.1 Å². The number of Topliss-reactive ketones (excluding diaryl/α,β-unsaturated/α-hetero) is 1. The molecule has 0 bridgehead atoms. The number of hydrogen-bond acceptors (Lipinski definition) is 2. The second kappa shape index (κ2) is 6.51. The van der Waals surface area contributed by atoms with Gasteiger partial charge >= 0.3 is 0 Å². The van der Waals surface area contributed by atoms with Crippen LogP contribution in [0, 0.1) is 11.8 Å². The third-order valence-electron chi connectivity index (χ3n) is 4.86. The van der Waals surface area contributed by atoms with Crippen molar-refractivity contribution >= 4 is 16.6 Å². The number of ketones is 1. The summed E-state index contributed by atoms with van der Waals surface area (Å²) in [5.74, 6) is 2.30. The van der Waals surface area contributed by atoms with Crippen LogP contribution in [0.15, 0.2) is 36.4 Å². The van der Waals surface area contributed by atoms with E-state index in [9.17, 15) is 4.79 Å². The summed E-state index contributed by atoms with van der Waals surface area (Å²) in [6.45, 7) is 4.66. The molecule has 3 rings (SSSR count). The SMILES string of the molecule is CC(=O)c1ccc2ccccc2c1OCC1CCC(C)CC1. The topological polar surface area (TPSA) is 26.3 Å². The first-order valence-corrected chi connectivity index (χ1v) is 8.30. The number of carbonyl (C=O) groups is 1. The van der Waals surface area contributed by atoms with Gasteiger partial charge in [0.15, 0.2) is 5.78 Å². The van der Waals surface area contributed by atoms with E-state index in [-0.39, 0.29) is 5.78 Å². The van der Waals surface area contributed by atoms with Gasteiger partial charge in [-0.1, -0.05) is 50.1 Å². The molecule has 1 fully saturated rings. The van der Waals surface area contributed by atoms with Gasteiger partial charge in [0.1, 0.15) is 5.75 Å². The molecular formula is C20H24O2.